The van der Waals surface area contributed by atoms with Gasteiger partial charge < -0.3 is 54.8 Å². The Bertz CT molecular complexity index is 1190. The van der Waals surface area contributed by atoms with E-state index in [1.807, 2.05) is 5.48 Å². The summed E-state index contributed by atoms with van der Waals surface area (Å²) in [6.07, 6.45) is -2.06. The lowest BCUT2D eigenvalue weighted by atomic mass is 10.2. The Morgan fingerprint density at radius 2 is 0.891 bits per heavy atom. The second kappa shape index (κ2) is 27.7. The van der Waals surface area contributed by atoms with Crippen LogP contribution in [0.3, 0.4) is 0 Å². The summed E-state index contributed by atoms with van der Waals surface area (Å²) in [4.78, 5) is 93.0. The molecule has 0 spiro atoms. The molecule has 0 fully saturated rings. The highest BCUT2D eigenvalue weighted by Gasteiger charge is 2.23. The first kappa shape index (κ1) is 52.3. The highest BCUT2D eigenvalue weighted by Crippen LogP contribution is 2.11. The van der Waals surface area contributed by atoms with Gasteiger partial charge in [0.05, 0.1) is 14.2 Å². The van der Waals surface area contributed by atoms with Crippen LogP contribution in [0.1, 0.15) is 75.2 Å². The van der Waals surface area contributed by atoms with Crippen molar-refractivity contribution in [2.45, 2.75) is 92.0 Å². The van der Waals surface area contributed by atoms with Crippen molar-refractivity contribution in [3.63, 3.8) is 0 Å². The van der Waals surface area contributed by atoms with Crippen molar-refractivity contribution >= 4 is 42.3 Å². The number of carbonyl (C=O) groups excluding carboxylic acids is 7. The van der Waals surface area contributed by atoms with Crippen LogP contribution in [-0.4, -0.2) is 149 Å². The van der Waals surface area contributed by atoms with Crippen molar-refractivity contribution in [2.24, 2.45) is 5.90 Å². The zero-order chi connectivity index (χ0) is 42.7. The van der Waals surface area contributed by atoms with Crippen LogP contribution in [0.5, 0.6) is 0 Å². The van der Waals surface area contributed by atoms with Gasteiger partial charge in [0.1, 0.15) is 23.4 Å². The Balaban J connectivity index is 0. The van der Waals surface area contributed by atoms with Crippen LogP contribution in [0, 0.1) is 0 Å². The number of hydroxylamine groups is 1. The molecular formula is C33H64N8O14. The molecule has 55 heavy (non-hydrogen) atoms. The maximum absolute atomic E-state index is 12.3. The van der Waals surface area contributed by atoms with Gasteiger partial charge in [-0.3, -0.25) is 19.3 Å². The summed E-state index contributed by atoms with van der Waals surface area (Å²) in [5.74, 6) is 4.01. The summed E-state index contributed by atoms with van der Waals surface area (Å²) in [6.45, 7) is 17.2. The van der Waals surface area contributed by atoms with Gasteiger partial charge in [-0.15, -0.1) is 0 Å². The van der Waals surface area contributed by atoms with E-state index < -0.39 is 59.8 Å². The number of hydrogen-bond donors (Lipinski definition) is 6. The summed E-state index contributed by atoms with van der Waals surface area (Å²) in [5.41, 5.74) is 0.0418. The molecule has 0 aromatic heterocycles. The molecule has 22 nitrogen and oxygen atoms in total. The summed E-state index contributed by atoms with van der Waals surface area (Å²) >= 11 is 0. The third kappa shape index (κ3) is 33.5. The van der Waals surface area contributed by atoms with Crippen molar-refractivity contribution in [2.75, 3.05) is 79.8 Å². The van der Waals surface area contributed by atoms with E-state index in [0.29, 0.717) is 25.9 Å². The fourth-order valence-electron chi connectivity index (χ4n) is 3.60. The molecule has 0 aromatic rings. The van der Waals surface area contributed by atoms with Gasteiger partial charge >= 0.3 is 30.5 Å². The van der Waals surface area contributed by atoms with Gasteiger partial charge in [0.15, 0.2) is 6.61 Å². The van der Waals surface area contributed by atoms with E-state index in [9.17, 15) is 33.6 Å². The van der Waals surface area contributed by atoms with Gasteiger partial charge in [-0.05, 0) is 75.2 Å². The van der Waals surface area contributed by atoms with E-state index in [2.05, 4.69) is 35.6 Å². The molecule has 0 radical (unpaired) electrons. The first-order valence-corrected chi connectivity index (χ1v) is 17.5. The van der Waals surface area contributed by atoms with E-state index in [1.165, 1.54) is 24.0 Å². The van der Waals surface area contributed by atoms with Gasteiger partial charge in [0, 0.05) is 52.4 Å². The number of hydrogen-bond acceptors (Lipinski definition) is 15. The van der Waals surface area contributed by atoms with E-state index in [4.69, 9.17) is 24.9 Å². The summed E-state index contributed by atoms with van der Waals surface area (Å²) in [7, 11) is 2.51. The van der Waals surface area contributed by atoms with Crippen molar-refractivity contribution in [3.8, 4) is 0 Å². The monoisotopic (exact) mass is 796 g/mol. The lowest BCUT2D eigenvalue weighted by Gasteiger charge is -2.27. The number of nitrogens with one attached hydrogen (secondary N) is 5. The van der Waals surface area contributed by atoms with Crippen LogP contribution >= 0.6 is 0 Å². The molecule has 0 saturated heterocycles. The van der Waals surface area contributed by atoms with Crippen LogP contribution in [0.4, 0.5) is 24.0 Å². The molecule has 0 aliphatic rings. The van der Waals surface area contributed by atoms with Gasteiger partial charge in [-0.1, -0.05) is 0 Å². The number of nitrogens with zero attached hydrogens (tertiary/aromatic N) is 2. The van der Waals surface area contributed by atoms with Gasteiger partial charge in [-0.2, -0.15) is 5.48 Å². The average Bonchev–Trinajstić information content (AvgIpc) is 3.04. The standard InChI is InChI=1S/C19H36N4O8.C14H28N4O6/c1-18(2,3)30-16(26)22-29-13-14(24)20-9-8-11-23(12-10-21-15(25)28-7)17(27)31-19(4,5)6;1-14(2,3)24-13(21)18(9-7-17-12(20)22-4)8-5-6-16-11(19)10-23-15/h8-13H2,1-7H3,(H,20,24)(H,21,25)(H,22,26);5-10,15H2,1-4H3,(H,16,19)(H,17,20). The minimum Gasteiger partial charge on any atom is -0.453 e. The van der Waals surface area contributed by atoms with Gasteiger partial charge in [0.25, 0.3) is 0 Å². The Morgan fingerprint density at radius 3 is 1.24 bits per heavy atom. The van der Waals surface area contributed by atoms with E-state index in [1.54, 1.807) is 62.3 Å². The van der Waals surface area contributed by atoms with E-state index in [0.717, 1.165) is 0 Å². The first-order valence-electron chi connectivity index (χ1n) is 17.5. The molecule has 320 valence electrons. The maximum atomic E-state index is 12.3. The molecule has 0 bridgehead atoms. The number of nitrogens with two attached hydrogens (primary N) is 1. The molecule has 22 heteroatoms. The van der Waals surface area contributed by atoms with Crippen LogP contribution in [0.15, 0.2) is 0 Å². The largest absolute Gasteiger partial charge is 0.453 e. The van der Waals surface area contributed by atoms with Crippen molar-refractivity contribution in [3.05, 3.63) is 0 Å². The minimum absolute atomic E-state index is 0.183. The quantitative estimate of drug-likeness (QED) is 0.0614. The smallest absolute Gasteiger partial charge is 0.431 e. The molecule has 7 N–H and O–H groups in total. The summed E-state index contributed by atoms with van der Waals surface area (Å²) < 4.78 is 24.6. The molecule has 0 unspecified atom stereocenters. The van der Waals surface area contributed by atoms with Gasteiger partial charge in [0.2, 0.25) is 11.8 Å². The second-order valence-electron chi connectivity index (χ2n) is 14.4. The Kier molecular flexibility index (Phi) is 26.3. The number of methoxy groups -OCH3 is 2. The SMILES string of the molecule is COC(=O)NCCN(CCCNC(=O)CON)C(=O)OC(C)(C)C.COC(=O)NCCN(CCCNC(=O)CONC(=O)OC(C)(C)C)C(=O)OC(C)(C)C. The molecular weight excluding hydrogens is 732 g/mol. The number of rotatable bonds is 19. The molecule has 7 amide bonds. The average molecular weight is 797 g/mol. The van der Waals surface area contributed by atoms with Crippen LogP contribution in [0.2, 0.25) is 0 Å². The molecule has 0 heterocycles. The second-order valence-corrected chi connectivity index (χ2v) is 14.4. The van der Waals surface area contributed by atoms with Gasteiger partial charge in [-0.25, -0.2) is 29.9 Å². The number of carbonyl (C=O) groups is 7. The highest BCUT2D eigenvalue weighted by molar-refractivity contribution is 5.77. The van der Waals surface area contributed by atoms with E-state index in [-0.39, 0.29) is 51.8 Å². The fraction of sp³-hybridized carbons (Fsp3) is 0.788. The van der Waals surface area contributed by atoms with Crippen LogP contribution < -0.4 is 32.6 Å². The molecule has 0 saturated carbocycles. The number of alkyl carbamates (subject to hydrolysis) is 2. The zero-order valence-corrected chi connectivity index (χ0v) is 34.2. The van der Waals surface area contributed by atoms with Crippen molar-refractivity contribution in [1.29, 1.82) is 0 Å². The van der Waals surface area contributed by atoms with Crippen LogP contribution in [0.25, 0.3) is 0 Å². The predicted molar refractivity (Wildman–Crippen MR) is 197 cm³/mol. The predicted octanol–water partition coefficient (Wildman–Crippen LogP) is 1.52. The number of ether oxygens (including phenoxy) is 5. The number of amides is 7. The lowest BCUT2D eigenvalue weighted by Crippen LogP contribution is -2.42. The Labute approximate surface area is 323 Å². The topological polar surface area (TPSA) is 277 Å². The van der Waals surface area contributed by atoms with Crippen molar-refractivity contribution in [1.82, 2.24) is 36.5 Å². The van der Waals surface area contributed by atoms with Crippen LogP contribution in [-0.2, 0) is 42.9 Å². The molecule has 0 aliphatic carbocycles. The summed E-state index contributed by atoms with van der Waals surface area (Å²) in [6, 6.07) is 0. The fourth-order valence-corrected chi connectivity index (χ4v) is 3.60. The zero-order valence-electron chi connectivity index (χ0n) is 34.2. The Morgan fingerprint density at radius 1 is 0.509 bits per heavy atom. The molecule has 0 atom stereocenters. The first-order chi connectivity index (χ1) is 25.4. The summed E-state index contributed by atoms with van der Waals surface area (Å²) in [5, 5.41) is 10.2. The third-order valence-electron chi connectivity index (χ3n) is 5.80. The highest BCUT2D eigenvalue weighted by atomic mass is 16.7. The Hall–Kier alpha value is -4.83. The maximum Gasteiger partial charge on any atom is 0.431 e. The normalized spacial score (nSPS) is 11.0. The molecule has 0 aromatic carbocycles. The van der Waals surface area contributed by atoms with Crippen molar-refractivity contribution < 1.29 is 66.9 Å². The third-order valence-corrected chi connectivity index (χ3v) is 5.80. The molecule has 0 rings (SSSR count). The molecule has 0 aliphatic heterocycles. The minimum atomic E-state index is -0.797. The lowest BCUT2D eigenvalue weighted by molar-refractivity contribution is -0.128. The van der Waals surface area contributed by atoms with E-state index >= 15 is 0 Å².